The van der Waals surface area contributed by atoms with E-state index in [4.69, 9.17) is 9.47 Å². The van der Waals surface area contributed by atoms with Crippen LogP contribution >= 0.6 is 0 Å². The van der Waals surface area contributed by atoms with Gasteiger partial charge in [-0.2, -0.15) is 5.10 Å². The third-order valence-electron chi connectivity index (χ3n) is 4.95. The van der Waals surface area contributed by atoms with Crippen LogP contribution < -0.4 is 5.69 Å². The molecule has 1 aromatic rings. The van der Waals surface area contributed by atoms with E-state index in [2.05, 4.69) is 10.00 Å². The number of aromatic nitrogens is 3. The number of hydrogen-bond donors (Lipinski definition) is 0. The first kappa shape index (κ1) is 14.4. The van der Waals surface area contributed by atoms with Gasteiger partial charge in [0.25, 0.3) is 0 Å². The van der Waals surface area contributed by atoms with Gasteiger partial charge >= 0.3 is 5.69 Å². The average molecular weight is 308 g/mol. The third-order valence-corrected chi connectivity index (χ3v) is 4.95. The van der Waals surface area contributed by atoms with E-state index < -0.39 is 0 Å². The SMILES string of the molecule is Cn1nc(C2CCN(CC3OCCO3)CC2)n(C2CC2)c1=O. The third kappa shape index (κ3) is 2.73. The largest absolute Gasteiger partial charge is 0.349 e. The summed E-state index contributed by atoms with van der Waals surface area (Å²) in [6.07, 6.45) is 4.28. The fraction of sp³-hybridized carbons (Fsp3) is 0.867. The van der Waals surface area contributed by atoms with Crippen molar-refractivity contribution in [2.75, 3.05) is 32.8 Å². The van der Waals surface area contributed by atoms with E-state index in [0.717, 1.165) is 51.1 Å². The zero-order valence-electron chi connectivity index (χ0n) is 13.1. The number of aryl methyl sites for hydroxylation is 1. The first-order valence-corrected chi connectivity index (χ1v) is 8.33. The summed E-state index contributed by atoms with van der Waals surface area (Å²) in [6.45, 7) is 4.31. The van der Waals surface area contributed by atoms with Gasteiger partial charge in [-0.15, -0.1) is 0 Å². The van der Waals surface area contributed by atoms with Crippen LogP contribution in [0.2, 0.25) is 0 Å². The van der Waals surface area contributed by atoms with Crippen molar-refractivity contribution in [1.82, 2.24) is 19.2 Å². The molecule has 4 rings (SSSR count). The summed E-state index contributed by atoms with van der Waals surface area (Å²) in [4.78, 5) is 14.6. The second-order valence-electron chi connectivity index (χ2n) is 6.61. The van der Waals surface area contributed by atoms with Crippen LogP contribution in [-0.2, 0) is 16.5 Å². The number of nitrogens with zero attached hydrogens (tertiary/aromatic N) is 4. The maximum atomic E-state index is 12.2. The highest BCUT2D eigenvalue weighted by Crippen LogP contribution is 2.37. The molecular weight excluding hydrogens is 284 g/mol. The Bertz CT molecular complexity index is 578. The van der Waals surface area contributed by atoms with Crippen LogP contribution in [0.5, 0.6) is 0 Å². The van der Waals surface area contributed by atoms with Crippen molar-refractivity contribution >= 4 is 0 Å². The molecule has 1 aromatic heterocycles. The molecule has 3 aliphatic rings. The van der Waals surface area contributed by atoms with E-state index in [1.165, 1.54) is 4.68 Å². The van der Waals surface area contributed by atoms with Crippen LogP contribution in [0, 0.1) is 0 Å². The molecule has 3 heterocycles. The van der Waals surface area contributed by atoms with Crippen LogP contribution in [0.3, 0.4) is 0 Å². The predicted octanol–water partition coefficient (Wildman–Crippen LogP) is 0.469. The maximum Gasteiger partial charge on any atom is 0.345 e. The molecule has 1 saturated carbocycles. The van der Waals surface area contributed by atoms with Crippen molar-refractivity contribution in [1.29, 1.82) is 0 Å². The number of piperidine rings is 1. The van der Waals surface area contributed by atoms with Gasteiger partial charge in [-0.25, -0.2) is 9.48 Å². The van der Waals surface area contributed by atoms with Crippen molar-refractivity contribution in [3.63, 3.8) is 0 Å². The standard InChI is InChI=1S/C15H24N4O3/c1-17-15(20)19(12-2-3-12)14(16-17)11-4-6-18(7-5-11)10-13-21-8-9-22-13/h11-13H,2-10H2,1H3. The van der Waals surface area contributed by atoms with Gasteiger partial charge in [-0.3, -0.25) is 9.47 Å². The minimum absolute atomic E-state index is 0.0488. The quantitative estimate of drug-likeness (QED) is 0.809. The van der Waals surface area contributed by atoms with E-state index in [9.17, 15) is 4.79 Å². The Morgan fingerprint density at radius 1 is 1.14 bits per heavy atom. The number of ether oxygens (including phenoxy) is 2. The number of hydrogen-bond acceptors (Lipinski definition) is 5. The molecule has 22 heavy (non-hydrogen) atoms. The Balaban J connectivity index is 1.41. The summed E-state index contributed by atoms with van der Waals surface area (Å²) in [5, 5.41) is 4.52. The summed E-state index contributed by atoms with van der Waals surface area (Å²) < 4.78 is 14.5. The van der Waals surface area contributed by atoms with Gasteiger partial charge in [0.2, 0.25) is 0 Å². The van der Waals surface area contributed by atoms with Gasteiger partial charge in [0.15, 0.2) is 6.29 Å². The molecule has 1 aliphatic carbocycles. The Labute approximate surface area is 129 Å². The molecule has 7 heteroatoms. The molecule has 0 atom stereocenters. The van der Waals surface area contributed by atoms with Gasteiger partial charge in [0.1, 0.15) is 5.82 Å². The zero-order valence-corrected chi connectivity index (χ0v) is 13.1. The maximum absolute atomic E-state index is 12.2. The second-order valence-corrected chi connectivity index (χ2v) is 6.61. The molecule has 0 N–H and O–H groups in total. The van der Waals surface area contributed by atoms with E-state index in [1.807, 2.05) is 4.57 Å². The smallest absolute Gasteiger partial charge is 0.345 e. The Morgan fingerprint density at radius 3 is 2.45 bits per heavy atom. The second kappa shape index (κ2) is 5.79. The Hall–Kier alpha value is -1.18. The minimum atomic E-state index is -0.0592. The molecule has 0 unspecified atom stereocenters. The number of likely N-dealkylation sites (tertiary alicyclic amines) is 1. The number of rotatable bonds is 4. The molecule has 0 radical (unpaired) electrons. The normalized spacial score (nSPS) is 25.1. The van der Waals surface area contributed by atoms with Crippen LogP contribution in [0.1, 0.15) is 43.5 Å². The van der Waals surface area contributed by atoms with Gasteiger partial charge < -0.3 is 9.47 Å². The lowest BCUT2D eigenvalue weighted by molar-refractivity contribution is -0.0649. The van der Waals surface area contributed by atoms with E-state index in [0.29, 0.717) is 25.2 Å². The average Bonchev–Trinajstić information content (AvgIpc) is 3.14. The summed E-state index contributed by atoms with van der Waals surface area (Å²) >= 11 is 0. The summed E-state index contributed by atoms with van der Waals surface area (Å²) in [7, 11) is 1.76. The lowest BCUT2D eigenvalue weighted by Gasteiger charge is -2.32. The van der Waals surface area contributed by atoms with Crippen LogP contribution in [0.15, 0.2) is 4.79 Å². The zero-order chi connectivity index (χ0) is 15.1. The van der Waals surface area contributed by atoms with Crippen molar-refractivity contribution in [2.45, 2.75) is 43.9 Å². The van der Waals surface area contributed by atoms with Crippen LogP contribution in [0.4, 0.5) is 0 Å². The molecule has 3 fully saturated rings. The lowest BCUT2D eigenvalue weighted by Crippen LogP contribution is -2.39. The van der Waals surface area contributed by atoms with Crippen molar-refractivity contribution in [3.05, 3.63) is 16.3 Å². The molecule has 7 nitrogen and oxygen atoms in total. The molecule has 0 bridgehead atoms. The van der Waals surface area contributed by atoms with Crippen molar-refractivity contribution < 1.29 is 9.47 Å². The predicted molar refractivity (Wildman–Crippen MR) is 79.8 cm³/mol. The van der Waals surface area contributed by atoms with E-state index in [-0.39, 0.29) is 12.0 Å². The van der Waals surface area contributed by atoms with Crippen LogP contribution in [0.25, 0.3) is 0 Å². The van der Waals surface area contributed by atoms with Gasteiger partial charge in [-0.1, -0.05) is 0 Å². The molecule has 122 valence electrons. The highest BCUT2D eigenvalue weighted by Gasteiger charge is 2.34. The van der Waals surface area contributed by atoms with Crippen molar-refractivity contribution in [3.8, 4) is 0 Å². The van der Waals surface area contributed by atoms with Gasteiger partial charge in [0.05, 0.1) is 13.2 Å². The molecule has 0 amide bonds. The summed E-state index contributed by atoms with van der Waals surface area (Å²) in [5.74, 6) is 1.40. The van der Waals surface area contributed by atoms with Gasteiger partial charge in [0, 0.05) is 25.6 Å². The minimum Gasteiger partial charge on any atom is -0.349 e. The first-order valence-electron chi connectivity index (χ1n) is 8.33. The molecule has 0 aromatic carbocycles. The molecular formula is C15H24N4O3. The molecule has 2 saturated heterocycles. The molecule has 2 aliphatic heterocycles. The Kier molecular flexibility index (Phi) is 3.79. The van der Waals surface area contributed by atoms with Crippen molar-refractivity contribution in [2.24, 2.45) is 7.05 Å². The fourth-order valence-electron chi connectivity index (χ4n) is 3.55. The highest BCUT2D eigenvalue weighted by molar-refractivity contribution is 5.04. The molecule has 0 spiro atoms. The topological polar surface area (TPSA) is 61.5 Å². The summed E-state index contributed by atoms with van der Waals surface area (Å²) in [5.41, 5.74) is 0.0488. The highest BCUT2D eigenvalue weighted by atomic mass is 16.7. The Morgan fingerprint density at radius 2 is 1.82 bits per heavy atom. The van der Waals surface area contributed by atoms with E-state index >= 15 is 0 Å². The van der Waals surface area contributed by atoms with Crippen LogP contribution in [-0.4, -0.2) is 58.4 Å². The fourth-order valence-corrected chi connectivity index (χ4v) is 3.55. The lowest BCUT2D eigenvalue weighted by atomic mass is 9.96. The van der Waals surface area contributed by atoms with Gasteiger partial charge in [-0.05, 0) is 38.8 Å². The summed E-state index contributed by atoms with van der Waals surface area (Å²) in [6, 6.07) is 0.398. The van der Waals surface area contributed by atoms with E-state index in [1.54, 1.807) is 7.05 Å². The first-order chi connectivity index (χ1) is 10.7. The monoisotopic (exact) mass is 308 g/mol.